The number of hydrogen-bond acceptors (Lipinski definition) is 3. The largest absolute Gasteiger partial charge is 0.480 e. The maximum Gasteiger partial charge on any atom is 0.318 e. The van der Waals surface area contributed by atoms with Crippen molar-refractivity contribution in [2.45, 2.75) is 50.6 Å². The molecule has 0 aromatic carbocycles. The Morgan fingerprint density at radius 1 is 1.24 bits per heavy atom. The van der Waals surface area contributed by atoms with E-state index >= 15 is 0 Å². The number of carboxylic acids is 1. The Morgan fingerprint density at radius 3 is 2.29 bits per heavy atom. The van der Waals surface area contributed by atoms with Crippen LogP contribution < -0.4 is 4.72 Å². The van der Waals surface area contributed by atoms with Crippen molar-refractivity contribution < 1.29 is 18.3 Å². The summed E-state index contributed by atoms with van der Waals surface area (Å²) < 4.78 is 27.8. The van der Waals surface area contributed by atoms with Gasteiger partial charge in [0.25, 0.3) is 10.2 Å². The molecule has 2 fully saturated rings. The van der Waals surface area contributed by atoms with E-state index in [0.29, 0.717) is 0 Å². The van der Waals surface area contributed by atoms with Crippen LogP contribution in [0.2, 0.25) is 0 Å². The molecule has 0 aromatic heterocycles. The van der Waals surface area contributed by atoms with Gasteiger partial charge in [0.1, 0.15) is 6.54 Å². The number of nitrogens with one attached hydrogen (secondary N) is 1. The molecule has 0 heterocycles. The molecular weight excluding hydrogens is 244 g/mol. The van der Waals surface area contributed by atoms with E-state index in [9.17, 15) is 13.2 Å². The van der Waals surface area contributed by atoms with Crippen LogP contribution in [-0.4, -0.2) is 42.4 Å². The molecule has 2 aliphatic carbocycles. The smallest absolute Gasteiger partial charge is 0.318 e. The van der Waals surface area contributed by atoms with Crippen LogP contribution in [0.1, 0.15) is 38.5 Å². The molecule has 0 aromatic rings. The molecule has 0 bridgehead atoms. The van der Waals surface area contributed by atoms with E-state index in [1.54, 1.807) is 0 Å². The lowest BCUT2D eigenvalue weighted by atomic mass is 10.2. The summed E-state index contributed by atoms with van der Waals surface area (Å²) in [6.45, 7) is -0.438. The van der Waals surface area contributed by atoms with Crippen molar-refractivity contribution in [3.63, 3.8) is 0 Å². The minimum Gasteiger partial charge on any atom is -0.480 e. The summed E-state index contributed by atoms with van der Waals surface area (Å²) in [6, 6.07) is -0.139. The highest BCUT2D eigenvalue weighted by atomic mass is 32.2. The SMILES string of the molecule is O=C(O)CN(C1CCCC1)S(=O)(=O)NC1CC1. The van der Waals surface area contributed by atoms with E-state index in [-0.39, 0.29) is 12.1 Å². The molecular formula is C10H18N2O4S. The Hall–Kier alpha value is -0.660. The average Bonchev–Trinajstić information content (AvgIpc) is 2.86. The average molecular weight is 262 g/mol. The molecule has 0 unspecified atom stereocenters. The van der Waals surface area contributed by atoms with Gasteiger partial charge in [-0.2, -0.15) is 17.4 Å². The molecule has 0 saturated heterocycles. The molecule has 2 aliphatic rings. The summed E-state index contributed by atoms with van der Waals surface area (Å²) in [5.41, 5.74) is 0. The van der Waals surface area contributed by atoms with Gasteiger partial charge >= 0.3 is 5.97 Å². The van der Waals surface area contributed by atoms with E-state index in [0.717, 1.165) is 42.8 Å². The highest BCUT2D eigenvalue weighted by Gasteiger charge is 2.37. The van der Waals surface area contributed by atoms with Gasteiger partial charge in [-0.15, -0.1) is 0 Å². The summed E-state index contributed by atoms with van der Waals surface area (Å²) in [5.74, 6) is -1.10. The van der Waals surface area contributed by atoms with Gasteiger partial charge in [-0.05, 0) is 25.7 Å². The molecule has 0 atom stereocenters. The first kappa shape index (κ1) is 12.8. The third kappa shape index (κ3) is 3.40. The van der Waals surface area contributed by atoms with Gasteiger partial charge in [0, 0.05) is 12.1 Å². The standard InChI is InChI=1S/C10H18N2O4S/c13-10(14)7-12(9-3-1-2-4-9)17(15,16)11-8-5-6-8/h8-9,11H,1-7H2,(H,13,14). The summed E-state index contributed by atoms with van der Waals surface area (Å²) >= 11 is 0. The topological polar surface area (TPSA) is 86.7 Å². The normalized spacial score (nSPS) is 22.2. The first-order chi connectivity index (χ1) is 7.99. The molecule has 0 amide bonds. The maximum absolute atomic E-state index is 12.1. The van der Waals surface area contributed by atoms with E-state index in [2.05, 4.69) is 4.72 Å². The first-order valence-electron chi connectivity index (χ1n) is 6.00. The minimum atomic E-state index is -3.64. The Labute approximate surface area is 101 Å². The van der Waals surface area contributed by atoms with E-state index < -0.39 is 22.7 Å². The molecule has 0 spiro atoms. The summed E-state index contributed by atoms with van der Waals surface area (Å²) in [7, 11) is -3.64. The number of rotatable bonds is 6. The summed E-state index contributed by atoms with van der Waals surface area (Å²) in [5, 5.41) is 8.82. The number of carbonyl (C=O) groups is 1. The van der Waals surface area contributed by atoms with E-state index in [4.69, 9.17) is 5.11 Å². The van der Waals surface area contributed by atoms with Crippen LogP contribution >= 0.6 is 0 Å². The highest BCUT2D eigenvalue weighted by molar-refractivity contribution is 7.87. The fourth-order valence-corrected chi connectivity index (χ4v) is 3.89. The van der Waals surface area contributed by atoms with Gasteiger partial charge in [0.15, 0.2) is 0 Å². The predicted molar refractivity (Wildman–Crippen MR) is 61.7 cm³/mol. The molecule has 0 aliphatic heterocycles. The molecule has 2 N–H and O–H groups in total. The number of carboxylic acid groups (broad SMARTS) is 1. The van der Waals surface area contributed by atoms with E-state index in [1.165, 1.54) is 0 Å². The Kier molecular flexibility index (Phi) is 3.70. The van der Waals surface area contributed by atoms with Crippen LogP contribution in [0, 0.1) is 0 Å². The van der Waals surface area contributed by atoms with Crippen LogP contribution in [-0.2, 0) is 15.0 Å². The quantitative estimate of drug-likeness (QED) is 0.721. The van der Waals surface area contributed by atoms with Gasteiger partial charge in [-0.3, -0.25) is 4.79 Å². The van der Waals surface area contributed by atoms with Crippen LogP contribution in [0.4, 0.5) is 0 Å². The van der Waals surface area contributed by atoms with Crippen LogP contribution in [0.3, 0.4) is 0 Å². The highest BCUT2D eigenvalue weighted by Crippen LogP contribution is 2.27. The molecule has 7 heteroatoms. The third-order valence-electron chi connectivity index (χ3n) is 3.22. The molecule has 98 valence electrons. The van der Waals surface area contributed by atoms with Crippen molar-refractivity contribution in [2.75, 3.05) is 6.54 Å². The van der Waals surface area contributed by atoms with Gasteiger partial charge < -0.3 is 5.11 Å². The Balaban J connectivity index is 2.09. The third-order valence-corrected chi connectivity index (χ3v) is 4.90. The zero-order valence-corrected chi connectivity index (χ0v) is 10.4. The monoisotopic (exact) mass is 262 g/mol. The van der Waals surface area contributed by atoms with Crippen molar-refractivity contribution in [1.29, 1.82) is 0 Å². The fourth-order valence-electron chi connectivity index (χ4n) is 2.22. The Morgan fingerprint density at radius 2 is 1.82 bits per heavy atom. The van der Waals surface area contributed by atoms with Crippen molar-refractivity contribution >= 4 is 16.2 Å². The fraction of sp³-hybridized carbons (Fsp3) is 0.900. The second kappa shape index (κ2) is 4.91. The lowest BCUT2D eigenvalue weighted by Crippen LogP contribution is -2.48. The van der Waals surface area contributed by atoms with Crippen molar-refractivity contribution in [2.24, 2.45) is 0 Å². The van der Waals surface area contributed by atoms with Crippen LogP contribution in [0.5, 0.6) is 0 Å². The van der Waals surface area contributed by atoms with Crippen LogP contribution in [0.25, 0.3) is 0 Å². The molecule has 2 saturated carbocycles. The number of hydrogen-bond donors (Lipinski definition) is 2. The van der Waals surface area contributed by atoms with Gasteiger partial charge in [0.05, 0.1) is 0 Å². The zero-order valence-electron chi connectivity index (χ0n) is 9.63. The summed E-state index contributed by atoms with van der Waals surface area (Å²) in [4.78, 5) is 10.8. The lowest BCUT2D eigenvalue weighted by molar-refractivity contribution is -0.137. The molecule has 6 nitrogen and oxygen atoms in total. The van der Waals surface area contributed by atoms with E-state index in [1.807, 2.05) is 0 Å². The molecule has 17 heavy (non-hydrogen) atoms. The zero-order chi connectivity index (χ0) is 12.5. The molecule has 2 rings (SSSR count). The van der Waals surface area contributed by atoms with Crippen LogP contribution in [0.15, 0.2) is 0 Å². The lowest BCUT2D eigenvalue weighted by Gasteiger charge is -2.26. The van der Waals surface area contributed by atoms with Gasteiger partial charge in [-0.1, -0.05) is 12.8 Å². The van der Waals surface area contributed by atoms with Crippen molar-refractivity contribution in [1.82, 2.24) is 9.03 Å². The molecule has 0 radical (unpaired) electrons. The first-order valence-corrected chi connectivity index (χ1v) is 7.44. The maximum atomic E-state index is 12.1. The van der Waals surface area contributed by atoms with Gasteiger partial charge in [0.2, 0.25) is 0 Å². The van der Waals surface area contributed by atoms with Crippen molar-refractivity contribution in [3.05, 3.63) is 0 Å². The second-order valence-electron chi connectivity index (χ2n) is 4.77. The van der Waals surface area contributed by atoms with Gasteiger partial charge in [-0.25, -0.2) is 0 Å². The number of nitrogens with zero attached hydrogens (tertiary/aromatic N) is 1. The predicted octanol–water partition coefficient (Wildman–Crippen LogP) is 0.312. The second-order valence-corrected chi connectivity index (χ2v) is 6.43. The van der Waals surface area contributed by atoms with Crippen molar-refractivity contribution in [3.8, 4) is 0 Å². The summed E-state index contributed by atoms with van der Waals surface area (Å²) in [6.07, 6.45) is 5.17. The number of aliphatic carboxylic acids is 1. The minimum absolute atomic E-state index is 0.0118. The Bertz CT molecular complexity index is 385.